The summed E-state index contributed by atoms with van der Waals surface area (Å²) in [4.78, 5) is 12.0. The van der Waals surface area contributed by atoms with Gasteiger partial charge >= 0.3 is 0 Å². The molecular formula is C15H13BrFNO2. The summed E-state index contributed by atoms with van der Waals surface area (Å²) < 4.78 is 18.8. The molecule has 0 aliphatic rings. The molecule has 1 N–H and O–H groups in total. The predicted molar refractivity (Wildman–Crippen MR) is 78.3 cm³/mol. The van der Waals surface area contributed by atoms with Gasteiger partial charge in [-0.1, -0.05) is 12.1 Å². The van der Waals surface area contributed by atoms with Crippen molar-refractivity contribution in [3.63, 3.8) is 0 Å². The van der Waals surface area contributed by atoms with E-state index in [0.29, 0.717) is 11.0 Å². The van der Waals surface area contributed by atoms with E-state index in [1.54, 1.807) is 7.11 Å². The molecule has 0 aromatic heterocycles. The Kier molecular flexibility index (Phi) is 4.74. The number of ether oxygens (including phenoxy) is 1. The zero-order valence-electron chi connectivity index (χ0n) is 10.8. The van der Waals surface area contributed by atoms with Crippen LogP contribution in [0.2, 0.25) is 0 Å². The summed E-state index contributed by atoms with van der Waals surface area (Å²) in [6.07, 6.45) is 0. The van der Waals surface area contributed by atoms with Crippen LogP contribution in [0.1, 0.15) is 15.9 Å². The third-order valence-electron chi connectivity index (χ3n) is 2.79. The van der Waals surface area contributed by atoms with Crippen LogP contribution in [0.4, 0.5) is 4.39 Å². The van der Waals surface area contributed by atoms with Gasteiger partial charge in [-0.2, -0.15) is 0 Å². The highest BCUT2D eigenvalue weighted by atomic mass is 79.9. The summed E-state index contributed by atoms with van der Waals surface area (Å²) >= 11 is 3.23. The first kappa shape index (κ1) is 14.5. The van der Waals surface area contributed by atoms with E-state index in [1.807, 2.05) is 24.3 Å². The van der Waals surface area contributed by atoms with E-state index in [9.17, 15) is 9.18 Å². The lowest BCUT2D eigenvalue weighted by Gasteiger charge is -2.08. The second kappa shape index (κ2) is 6.52. The predicted octanol–water partition coefficient (Wildman–Crippen LogP) is 3.53. The molecule has 0 spiro atoms. The van der Waals surface area contributed by atoms with Gasteiger partial charge in [0.2, 0.25) is 0 Å². The van der Waals surface area contributed by atoms with Crippen molar-refractivity contribution >= 4 is 21.8 Å². The standard InChI is InChI=1S/C15H13BrFNO2/c1-20-12-5-2-10(3-6-12)9-18-15(19)13-8-11(17)4-7-14(13)16/h2-8H,9H2,1H3,(H,18,19). The van der Waals surface area contributed by atoms with E-state index in [-0.39, 0.29) is 11.5 Å². The van der Waals surface area contributed by atoms with Gasteiger partial charge in [0, 0.05) is 11.0 Å². The van der Waals surface area contributed by atoms with Crippen molar-refractivity contribution in [2.24, 2.45) is 0 Å². The molecule has 0 aliphatic heterocycles. The second-order valence-corrected chi connectivity index (χ2v) is 5.01. The van der Waals surface area contributed by atoms with Crippen molar-refractivity contribution < 1.29 is 13.9 Å². The number of rotatable bonds is 4. The van der Waals surface area contributed by atoms with Crippen LogP contribution in [0.15, 0.2) is 46.9 Å². The topological polar surface area (TPSA) is 38.3 Å². The first-order chi connectivity index (χ1) is 9.60. The number of benzene rings is 2. The maximum Gasteiger partial charge on any atom is 0.252 e. The fourth-order valence-electron chi connectivity index (χ4n) is 1.69. The maximum absolute atomic E-state index is 13.1. The van der Waals surface area contributed by atoms with Crippen LogP contribution in [0.5, 0.6) is 5.75 Å². The molecule has 0 atom stereocenters. The van der Waals surface area contributed by atoms with E-state index < -0.39 is 5.82 Å². The third kappa shape index (κ3) is 3.57. The fraction of sp³-hybridized carbons (Fsp3) is 0.133. The first-order valence-corrected chi connectivity index (χ1v) is 6.75. The molecule has 0 radical (unpaired) electrons. The van der Waals surface area contributed by atoms with Gasteiger partial charge in [0.15, 0.2) is 0 Å². The summed E-state index contributed by atoms with van der Waals surface area (Å²) in [5.74, 6) is -0.0112. The van der Waals surface area contributed by atoms with Crippen LogP contribution in [0.25, 0.3) is 0 Å². The normalized spacial score (nSPS) is 10.2. The Morgan fingerprint density at radius 3 is 2.60 bits per heavy atom. The molecule has 0 fully saturated rings. The van der Waals surface area contributed by atoms with Crippen LogP contribution in [-0.2, 0) is 6.54 Å². The Labute approximate surface area is 124 Å². The summed E-state index contributed by atoms with van der Waals surface area (Å²) in [5, 5.41) is 2.74. The largest absolute Gasteiger partial charge is 0.497 e. The van der Waals surface area contributed by atoms with E-state index in [0.717, 1.165) is 11.3 Å². The van der Waals surface area contributed by atoms with Gasteiger partial charge in [-0.3, -0.25) is 4.79 Å². The van der Waals surface area contributed by atoms with E-state index in [4.69, 9.17) is 4.74 Å². The van der Waals surface area contributed by atoms with Gasteiger partial charge in [-0.25, -0.2) is 4.39 Å². The zero-order valence-corrected chi connectivity index (χ0v) is 12.4. The van der Waals surface area contributed by atoms with Gasteiger partial charge < -0.3 is 10.1 Å². The third-order valence-corrected chi connectivity index (χ3v) is 3.48. The molecule has 2 aromatic carbocycles. The Morgan fingerprint density at radius 1 is 1.25 bits per heavy atom. The summed E-state index contributed by atoms with van der Waals surface area (Å²) in [5.41, 5.74) is 1.21. The monoisotopic (exact) mass is 337 g/mol. The zero-order chi connectivity index (χ0) is 14.5. The van der Waals surface area contributed by atoms with Crippen LogP contribution < -0.4 is 10.1 Å². The van der Waals surface area contributed by atoms with Crippen LogP contribution >= 0.6 is 15.9 Å². The Bertz CT molecular complexity index is 614. The average Bonchev–Trinajstić information content (AvgIpc) is 2.47. The lowest BCUT2D eigenvalue weighted by molar-refractivity contribution is 0.0949. The maximum atomic E-state index is 13.1. The van der Waals surface area contributed by atoms with E-state index in [1.165, 1.54) is 18.2 Å². The molecule has 5 heteroatoms. The number of carbonyl (C=O) groups is 1. The van der Waals surface area contributed by atoms with Gasteiger partial charge in [0.1, 0.15) is 11.6 Å². The number of nitrogens with one attached hydrogen (secondary N) is 1. The number of carbonyl (C=O) groups excluding carboxylic acids is 1. The summed E-state index contributed by atoms with van der Waals surface area (Å²) in [6, 6.07) is 11.4. The highest BCUT2D eigenvalue weighted by Crippen LogP contribution is 2.18. The SMILES string of the molecule is COc1ccc(CNC(=O)c2cc(F)ccc2Br)cc1. The molecule has 2 rings (SSSR count). The molecule has 0 saturated heterocycles. The Hall–Kier alpha value is -1.88. The second-order valence-electron chi connectivity index (χ2n) is 4.15. The van der Waals surface area contributed by atoms with Crippen LogP contribution in [0.3, 0.4) is 0 Å². The Morgan fingerprint density at radius 2 is 1.95 bits per heavy atom. The molecule has 0 unspecified atom stereocenters. The molecule has 0 bridgehead atoms. The first-order valence-electron chi connectivity index (χ1n) is 5.96. The molecule has 1 amide bonds. The van der Waals surface area contributed by atoms with Crippen LogP contribution in [0, 0.1) is 5.82 Å². The molecule has 0 heterocycles. The Balaban J connectivity index is 2.02. The van der Waals surface area contributed by atoms with E-state index in [2.05, 4.69) is 21.2 Å². The number of halogens is 2. The minimum absolute atomic E-state index is 0.276. The minimum Gasteiger partial charge on any atom is -0.497 e. The van der Waals surface area contributed by atoms with Crippen molar-refractivity contribution in [2.45, 2.75) is 6.54 Å². The van der Waals surface area contributed by atoms with Crippen molar-refractivity contribution in [2.75, 3.05) is 7.11 Å². The highest BCUT2D eigenvalue weighted by molar-refractivity contribution is 9.10. The summed E-state index contributed by atoms with van der Waals surface area (Å²) in [7, 11) is 1.60. The lowest BCUT2D eigenvalue weighted by Crippen LogP contribution is -2.23. The van der Waals surface area contributed by atoms with Gasteiger partial charge in [-0.05, 0) is 51.8 Å². The summed E-state index contributed by atoms with van der Waals surface area (Å²) in [6.45, 7) is 0.367. The fourth-order valence-corrected chi connectivity index (χ4v) is 2.12. The highest BCUT2D eigenvalue weighted by Gasteiger charge is 2.10. The van der Waals surface area contributed by atoms with Gasteiger partial charge in [0.25, 0.3) is 5.91 Å². The van der Waals surface area contributed by atoms with Gasteiger partial charge in [-0.15, -0.1) is 0 Å². The van der Waals surface area contributed by atoms with Crippen molar-refractivity contribution in [3.8, 4) is 5.75 Å². The van der Waals surface area contributed by atoms with Crippen molar-refractivity contribution in [1.82, 2.24) is 5.32 Å². The van der Waals surface area contributed by atoms with E-state index >= 15 is 0 Å². The van der Waals surface area contributed by atoms with Crippen LogP contribution in [-0.4, -0.2) is 13.0 Å². The van der Waals surface area contributed by atoms with Crippen molar-refractivity contribution in [3.05, 3.63) is 63.9 Å². The number of methoxy groups -OCH3 is 1. The van der Waals surface area contributed by atoms with Gasteiger partial charge in [0.05, 0.1) is 12.7 Å². The van der Waals surface area contributed by atoms with Crippen molar-refractivity contribution in [1.29, 1.82) is 0 Å². The lowest BCUT2D eigenvalue weighted by atomic mass is 10.2. The molecule has 3 nitrogen and oxygen atoms in total. The quantitative estimate of drug-likeness (QED) is 0.926. The molecule has 0 aliphatic carbocycles. The molecule has 20 heavy (non-hydrogen) atoms. The average molecular weight is 338 g/mol. The number of amides is 1. The molecule has 104 valence electrons. The smallest absolute Gasteiger partial charge is 0.252 e. The number of hydrogen-bond acceptors (Lipinski definition) is 2. The molecule has 2 aromatic rings. The molecule has 0 saturated carbocycles. The molecular weight excluding hydrogens is 325 g/mol. The number of hydrogen-bond donors (Lipinski definition) is 1. The minimum atomic E-state index is -0.442.